The molecule has 4 rings (SSSR count). The summed E-state index contributed by atoms with van der Waals surface area (Å²) in [4.78, 5) is 27.0. The first-order valence-corrected chi connectivity index (χ1v) is 10.9. The zero-order valence-electron chi connectivity index (χ0n) is 18.1. The zero-order chi connectivity index (χ0) is 21.8. The maximum absolute atomic E-state index is 12.7. The molecular weight excluding hydrogens is 384 g/mol. The second-order valence-corrected chi connectivity index (χ2v) is 8.47. The SMILES string of the molecule is CC(C)CCN1C(=O)CCc2cc(NC(=O)c3ccc(-c4ccccc4)cc3)ccc21. The summed E-state index contributed by atoms with van der Waals surface area (Å²) in [5.74, 6) is 0.594. The molecule has 1 aliphatic heterocycles. The Morgan fingerprint density at radius 3 is 2.35 bits per heavy atom. The van der Waals surface area contributed by atoms with Crippen LogP contribution in [-0.2, 0) is 11.2 Å². The van der Waals surface area contributed by atoms with Crippen molar-refractivity contribution in [3.63, 3.8) is 0 Å². The van der Waals surface area contributed by atoms with Gasteiger partial charge in [0.05, 0.1) is 0 Å². The highest BCUT2D eigenvalue weighted by atomic mass is 16.2. The Kier molecular flexibility index (Phi) is 6.17. The largest absolute Gasteiger partial charge is 0.322 e. The minimum absolute atomic E-state index is 0.136. The lowest BCUT2D eigenvalue weighted by atomic mass is 9.99. The van der Waals surface area contributed by atoms with Crippen LogP contribution in [0.3, 0.4) is 0 Å². The molecule has 0 saturated carbocycles. The molecule has 3 aromatic rings. The number of rotatable bonds is 6. The fourth-order valence-corrected chi connectivity index (χ4v) is 3.92. The van der Waals surface area contributed by atoms with Crippen LogP contribution < -0.4 is 10.2 Å². The van der Waals surface area contributed by atoms with Crippen LogP contribution in [0.25, 0.3) is 11.1 Å². The lowest BCUT2D eigenvalue weighted by Crippen LogP contribution is -2.36. The molecule has 1 heterocycles. The summed E-state index contributed by atoms with van der Waals surface area (Å²) < 4.78 is 0. The van der Waals surface area contributed by atoms with E-state index in [0.29, 0.717) is 24.3 Å². The van der Waals surface area contributed by atoms with E-state index in [4.69, 9.17) is 0 Å². The summed E-state index contributed by atoms with van der Waals surface area (Å²) in [6.45, 7) is 5.07. The quantitative estimate of drug-likeness (QED) is 0.545. The van der Waals surface area contributed by atoms with Gasteiger partial charge in [-0.05, 0) is 65.8 Å². The fourth-order valence-electron chi connectivity index (χ4n) is 3.92. The number of benzene rings is 3. The van der Waals surface area contributed by atoms with E-state index in [1.165, 1.54) is 0 Å². The number of anilines is 2. The van der Waals surface area contributed by atoms with Gasteiger partial charge in [0.15, 0.2) is 0 Å². The molecule has 1 aliphatic rings. The average Bonchev–Trinajstić information content (AvgIpc) is 2.79. The molecule has 0 atom stereocenters. The van der Waals surface area contributed by atoms with Crippen molar-refractivity contribution < 1.29 is 9.59 Å². The third-order valence-electron chi connectivity index (χ3n) is 5.72. The normalized spacial score (nSPS) is 13.3. The van der Waals surface area contributed by atoms with E-state index >= 15 is 0 Å². The maximum atomic E-state index is 12.7. The molecule has 0 unspecified atom stereocenters. The number of carbonyl (C=O) groups is 2. The van der Waals surface area contributed by atoms with Crippen molar-refractivity contribution in [2.45, 2.75) is 33.1 Å². The topological polar surface area (TPSA) is 49.4 Å². The van der Waals surface area contributed by atoms with Gasteiger partial charge in [-0.1, -0.05) is 56.3 Å². The number of fused-ring (bicyclic) bond motifs is 1. The fraction of sp³-hybridized carbons (Fsp3) is 0.259. The first-order chi connectivity index (χ1) is 15.0. The Bertz CT molecular complexity index is 1070. The average molecular weight is 413 g/mol. The summed E-state index contributed by atoms with van der Waals surface area (Å²) in [5.41, 5.74) is 5.67. The van der Waals surface area contributed by atoms with Crippen LogP contribution in [-0.4, -0.2) is 18.4 Å². The summed E-state index contributed by atoms with van der Waals surface area (Å²) in [6, 6.07) is 23.6. The highest BCUT2D eigenvalue weighted by Crippen LogP contribution is 2.31. The van der Waals surface area contributed by atoms with Crippen molar-refractivity contribution in [1.29, 1.82) is 0 Å². The minimum Gasteiger partial charge on any atom is -0.322 e. The number of nitrogens with zero attached hydrogens (tertiary/aromatic N) is 1. The molecule has 0 aromatic heterocycles. The van der Waals surface area contributed by atoms with E-state index in [2.05, 4.69) is 31.3 Å². The van der Waals surface area contributed by atoms with E-state index in [0.717, 1.165) is 41.0 Å². The standard InChI is InChI=1S/C27H28N2O2/c1-19(2)16-17-29-25-14-13-24(18-23(25)12-15-26(29)30)28-27(31)22-10-8-21(9-11-22)20-6-4-3-5-7-20/h3-11,13-14,18-19H,12,15-17H2,1-2H3,(H,28,31). The Balaban J connectivity index is 1.47. The highest BCUT2D eigenvalue weighted by molar-refractivity contribution is 6.05. The van der Waals surface area contributed by atoms with E-state index in [1.54, 1.807) is 0 Å². The molecule has 2 amide bonds. The Hall–Kier alpha value is -3.40. The van der Waals surface area contributed by atoms with Gasteiger partial charge in [-0.3, -0.25) is 9.59 Å². The number of hydrogen-bond donors (Lipinski definition) is 1. The Morgan fingerprint density at radius 1 is 0.935 bits per heavy atom. The molecule has 31 heavy (non-hydrogen) atoms. The Labute approximate surface area is 183 Å². The molecule has 0 saturated heterocycles. The maximum Gasteiger partial charge on any atom is 0.255 e. The van der Waals surface area contributed by atoms with Gasteiger partial charge in [0.2, 0.25) is 5.91 Å². The molecule has 0 bridgehead atoms. The number of amides is 2. The minimum atomic E-state index is -0.136. The van der Waals surface area contributed by atoms with Crippen LogP contribution in [0.15, 0.2) is 72.8 Å². The van der Waals surface area contributed by atoms with Gasteiger partial charge < -0.3 is 10.2 Å². The predicted molar refractivity (Wildman–Crippen MR) is 126 cm³/mol. The molecule has 0 aliphatic carbocycles. The van der Waals surface area contributed by atoms with Gasteiger partial charge in [-0.25, -0.2) is 0 Å². The summed E-state index contributed by atoms with van der Waals surface area (Å²) in [5, 5.41) is 3.00. The van der Waals surface area contributed by atoms with E-state index in [-0.39, 0.29) is 11.8 Å². The summed E-state index contributed by atoms with van der Waals surface area (Å²) in [6.07, 6.45) is 2.20. The van der Waals surface area contributed by atoms with Gasteiger partial charge >= 0.3 is 0 Å². The van der Waals surface area contributed by atoms with Crippen molar-refractivity contribution >= 4 is 23.2 Å². The molecule has 4 heteroatoms. The van der Waals surface area contributed by atoms with Gasteiger partial charge in [-0.2, -0.15) is 0 Å². The van der Waals surface area contributed by atoms with Crippen LogP contribution in [0.4, 0.5) is 11.4 Å². The monoisotopic (exact) mass is 412 g/mol. The smallest absolute Gasteiger partial charge is 0.255 e. The third-order valence-corrected chi connectivity index (χ3v) is 5.72. The number of hydrogen-bond acceptors (Lipinski definition) is 2. The lowest BCUT2D eigenvalue weighted by Gasteiger charge is -2.30. The van der Waals surface area contributed by atoms with Crippen molar-refractivity contribution in [2.24, 2.45) is 5.92 Å². The van der Waals surface area contributed by atoms with Crippen LogP contribution in [0.1, 0.15) is 42.6 Å². The second kappa shape index (κ2) is 9.17. The van der Waals surface area contributed by atoms with Crippen LogP contribution >= 0.6 is 0 Å². The van der Waals surface area contributed by atoms with Gasteiger partial charge in [0.25, 0.3) is 5.91 Å². The van der Waals surface area contributed by atoms with Crippen LogP contribution in [0.5, 0.6) is 0 Å². The van der Waals surface area contributed by atoms with Crippen LogP contribution in [0.2, 0.25) is 0 Å². The van der Waals surface area contributed by atoms with E-state index in [9.17, 15) is 9.59 Å². The van der Waals surface area contributed by atoms with Crippen molar-refractivity contribution in [3.05, 3.63) is 83.9 Å². The van der Waals surface area contributed by atoms with Crippen molar-refractivity contribution in [3.8, 4) is 11.1 Å². The number of aryl methyl sites for hydroxylation is 1. The van der Waals surface area contributed by atoms with Crippen molar-refractivity contribution in [2.75, 3.05) is 16.8 Å². The third kappa shape index (κ3) is 4.85. The molecule has 0 spiro atoms. The van der Waals surface area contributed by atoms with E-state index < -0.39 is 0 Å². The van der Waals surface area contributed by atoms with Crippen LogP contribution in [0, 0.1) is 5.92 Å². The zero-order valence-corrected chi connectivity index (χ0v) is 18.1. The first-order valence-electron chi connectivity index (χ1n) is 10.9. The van der Waals surface area contributed by atoms with Gasteiger partial charge in [-0.15, -0.1) is 0 Å². The summed E-state index contributed by atoms with van der Waals surface area (Å²) >= 11 is 0. The molecule has 158 valence electrons. The highest BCUT2D eigenvalue weighted by Gasteiger charge is 2.24. The molecule has 3 aromatic carbocycles. The van der Waals surface area contributed by atoms with Crippen molar-refractivity contribution in [1.82, 2.24) is 0 Å². The first kappa shape index (κ1) is 20.9. The number of nitrogens with one attached hydrogen (secondary N) is 1. The number of carbonyl (C=O) groups excluding carboxylic acids is 2. The predicted octanol–water partition coefficient (Wildman–Crippen LogP) is 5.93. The van der Waals surface area contributed by atoms with Gasteiger partial charge in [0.1, 0.15) is 0 Å². The second-order valence-electron chi connectivity index (χ2n) is 8.47. The molecule has 0 radical (unpaired) electrons. The lowest BCUT2D eigenvalue weighted by molar-refractivity contribution is -0.118. The Morgan fingerprint density at radius 2 is 1.65 bits per heavy atom. The van der Waals surface area contributed by atoms with Gasteiger partial charge in [0, 0.05) is 29.9 Å². The molecular formula is C27H28N2O2. The summed E-state index contributed by atoms with van der Waals surface area (Å²) in [7, 11) is 0. The molecule has 4 nitrogen and oxygen atoms in total. The van der Waals surface area contributed by atoms with E-state index in [1.807, 2.05) is 65.6 Å². The molecule has 0 fully saturated rings. The molecule has 1 N–H and O–H groups in total.